The van der Waals surface area contributed by atoms with E-state index in [1.165, 1.54) is 24.8 Å². The molecule has 0 aliphatic rings. The summed E-state index contributed by atoms with van der Waals surface area (Å²) in [5.74, 6) is 0. The minimum Gasteiger partial charge on any atom is -0.354 e. The monoisotopic (exact) mass is 208 g/mol. The van der Waals surface area contributed by atoms with E-state index >= 15 is 0 Å². The highest BCUT2D eigenvalue weighted by Gasteiger charge is 2.02. The van der Waals surface area contributed by atoms with Crippen LogP contribution in [0.25, 0.3) is 0 Å². The molecule has 0 spiro atoms. The molecule has 0 bridgehead atoms. The highest BCUT2D eigenvalue weighted by Crippen LogP contribution is 2.07. The maximum absolute atomic E-state index is 5.93. The van der Waals surface area contributed by atoms with Gasteiger partial charge in [-0.3, -0.25) is 0 Å². The average molecular weight is 208 g/mol. The Morgan fingerprint density at radius 1 is 1.33 bits per heavy atom. The van der Waals surface area contributed by atoms with Gasteiger partial charge in [0.25, 0.3) is 0 Å². The molecule has 2 N–H and O–H groups in total. The van der Waals surface area contributed by atoms with Crippen molar-refractivity contribution in [1.29, 1.82) is 0 Å². The fraction of sp³-hybridized carbons (Fsp3) is 0.692. The number of aromatic nitrogens is 1. The molecule has 1 rings (SSSR count). The summed E-state index contributed by atoms with van der Waals surface area (Å²) in [7, 11) is 0. The maximum atomic E-state index is 5.93. The number of hydrogen-bond acceptors (Lipinski definition) is 1. The summed E-state index contributed by atoms with van der Waals surface area (Å²) in [4.78, 5) is 0. The lowest BCUT2D eigenvalue weighted by molar-refractivity contribution is 0.600. The molecule has 1 aromatic heterocycles. The number of unbranched alkanes of at least 4 members (excludes halogenated alkanes) is 2. The van der Waals surface area contributed by atoms with Crippen LogP contribution in [0, 0.1) is 0 Å². The van der Waals surface area contributed by atoms with Gasteiger partial charge in [-0.1, -0.05) is 26.7 Å². The highest BCUT2D eigenvalue weighted by atomic mass is 14.9. The molecule has 1 heterocycles. The van der Waals surface area contributed by atoms with E-state index in [-0.39, 0.29) is 0 Å². The summed E-state index contributed by atoms with van der Waals surface area (Å²) in [5.41, 5.74) is 7.30. The van der Waals surface area contributed by atoms with Gasteiger partial charge in [-0.15, -0.1) is 0 Å². The Balaban J connectivity index is 2.35. The molecule has 1 unspecified atom stereocenters. The summed E-state index contributed by atoms with van der Waals surface area (Å²) in [5, 5.41) is 0. The first-order valence-corrected chi connectivity index (χ1v) is 6.16. The molecular weight excluding hydrogens is 184 g/mol. The fourth-order valence-electron chi connectivity index (χ4n) is 1.74. The van der Waals surface area contributed by atoms with E-state index < -0.39 is 0 Å². The summed E-state index contributed by atoms with van der Waals surface area (Å²) < 4.78 is 2.29. The fourth-order valence-corrected chi connectivity index (χ4v) is 1.74. The molecule has 0 aliphatic carbocycles. The van der Waals surface area contributed by atoms with Crippen molar-refractivity contribution in [2.24, 2.45) is 5.73 Å². The Bertz CT molecular complexity index is 265. The van der Waals surface area contributed by atoms with Crippen LogP contribution in [0.2, 0.25) is 0 Å². The van der Waals surface area contributed by atoms with Gasteiger partial charge in [0.05, 0.1) is 0 Å². The number of aryl methyl sites for hydroxylation is 1. The molecule has 2 heteroatoms. The van der Waals surface area contributed by atoms with Gasteiger partial charge in [-0.05, 0) is 30.9 Å². The van der Waals surface area contributed by atoms with Crippen molar-refractivity contribution < 1.29 is 0 Å². The van der Waals surface area contributed by atoms with Crippen LogP contribution in [0.4, 0.5) is 0 Å². The second kappa shape index (κ2) is 6.67. The Morgan fingerprint density at radius 2 is 2.13 bits per heavy atom. The Morgan fingerprint density at radius 3 is 2.80 bits per heavy atom. The van der Waals surface area contributed by atoms with E-state index in [1.807, 2.05) is 0 Å². The van der Waals surface area contributed by atoms with Crippen LogP contribution in [0.5, 0.6) is 0 Å². The van der Waals surface area contributed by atoms with Gasteiger partial charge in [0.2, 0.25) is 0 Å². The Labute approximate surface area is 93.5 Å². The quantitative estimate of drug-likeness (QED) is 0.686. The van der Waals surface area contributed by atoms with Crippen LogP contribution in [0.1, 0.15) is 45.1 Å². The summed E-state index contributed by atoms with van der Waals surface area (Å²) in [6.45, 7) is 5.53. The lowest BCUT2D eigenvalue weighted by Gasteiger charge is -2.06. The van der Waals surface area contributed by atoms with Crippen LogP contribution in [-0.4, -0.2) is 10.6 Å². The topological polar surface area (TPSA) is 30.9 Å². The smallest absolute Gasteiger partial charge is 0.0219 e. The van der Waals surface area contributed by atoms with Crippen molar-refractivity contribution in [3.63, 3.8) is 0 Å². The molecule has 0 saturated heterocycles. The van der Waals surface area contributed by atoms with Crippen molar-refractivity contribution >= 4 is 0 Å². The third-order valence-corrected chi connectivity index (χ3v) is 2.85. The molecule has 0 fully saturated rings. The van der Waals surface area contributed by atoms with Gasteiger partial charge in [-0.2, -0.15) is 0 Å². The number of nitrogens with zero attached hydrogens (tertiary/aromatic N) is 1. The molecule has 0 saturated carbocycles. The molecule has 86 valence electrons. The second-order valence-electron chi connectivity index (χ2n) is 4.34. The largest absolute Gasteiger partial charge is 0.354 e. The minimum atomic E-state index is 0.316. The van der Waals surface area contributed by atoms with Crippen molar-refractivity contribution in [2.75, 3.05) is 0 Å². The first kappa shape index (κ1) is 12.3. The Kier molecular flexibility index (Phi) is 5.48. The van der Waals surface area contributed by atoms with E-state index in [2.05, 4.69) is 36.9 Å². The summed E-state index contributed by atoms with van der Waals surface area (Å²) >= 11 is 0. The van der Waals surface area contributed by atoms with Crippen molar-refractivity contribution in [3.8, 4) is 0 Å². The zero-order valence-electron chi connectivity index (χ0n) is 10.1. The number of nitrogens with two attached hydrogens (primary N) is 1. The van der Waals surface area contributed by atoms with Gasteiger partial charge in [0, 0.05) is 25.0 Å². The number of rotatable bonds is 7. The van der Waals surface area contributed by atoms with Gasteiger partial charge in [0.15, 0.2) is 0 Å². The molecule has 1 aromatic rings. The summed E-state index contributed by atoms with van der Waals surface area (Å²) in [6.07, 6.45) is 10.4. The molecule has 0 amide bonds. The van der Waals surface area contributed by atoms with E-state index in [9.17, 15) is 0 Å². The van der Waals surface area contributed by atoms with Crippen molar-refractivity contribution in [3.05, 3.63) is 24.0 Å². The van der Waals surface area contributed by atoms with Crippen LogP contribution < -0.4 is 5.73 Å². The van der Waals surface area contributed by atoms with Crippen LogP contribution in [0.3, 0.4) is 0 Å². The lowest BCUT2D eigenvalue weighted by Crippen LogP contribution is -2.21. The van der Waals surface area contributed by atoms with Crippen molar-refractivity contribution in [2.45, 2.75) is 58.5 Å². The van der Waals surface area contributed by atoms with Gasteiger partial charge in [0.1, 0.15) is 0 Å². The lowest BCUT2D eigenvalue weighted by atomic mass is 10.1. The standard InChI is InChI=1S/C13H24N2/c1-3-5-6-8-15-9-7-12(11-15)10-13(14)4-2/h7,9,11,13H,3-6,8,10,14H2,1-2H3. The first-order chi connectivity index (χ1) is 7.26. The SMILES string of the molecule is CCCCCn1ccc(CC(N)CC)c1. The summed E-state index contributed by atoms with van der Waals surface area (Å²) in [6, 6.07) is 2.51. The molecular formula is C13H24N2. The van der Waals surface area contributed by atoms with Gasteiger partial charge < -0.3 is 10.3 Å². The second-order valence-corrected chi connectivity index (χ2v) is 4.34. The molecule has 2 nitrogen and oxygen atoms in total. The van der Waals surface area contributed by atoms with Gasteiger partial charge >= 0.3 is 0 Å². The predicted molar refractivity (Wildman–Crippen MR) is 65.9 cm³/mol. The van der Waals surface area contributed by atoms with E-state index in [4.69, 9.17) is 5.73 Å². The van der Waals surface area contributed by atoms with Crippen molar-refractivity contribution in [1.82, 2.24) is 4.57 Å². The normalized spacial score (nSPS) is 13.0. The van der Waals surface area contributed by atoms with E-state index in [0.717, 1.165) is 19.4 Å². The zero-order chi connectivity index (χ0) is 11.1. The van der Waals surface area contributed by atoms with Crippen LogP contribution >= 0.6 is 0 Å². The van der Waals surface area contributed by atoms with E-state index in [1.54, 1.807) is 0 Å². The highest BCUT2D eigenvalue weighted by molar-refractivity contribution is 5.11. The molecule has 15 heavy (non-hydrogen) atoms. The number of hydrogen-bond donors (Lipinski definition) is 1. The molecule has 1 atom stereocenters. The Hall–Kier alpha value is -0.760. The van der Waals surface area contributed by atoms with Crippen LogP contribution in [-0.2, 0) is 13.0 Å². The minimum absolute atomic E-state index is 0.316. The first-order valence-electron chi connectivity index (χ1n) is 6.16. The predicted octanol–water partition coefficient (Wildman–Crippen LogP) is 2.96. The maximum Gasteiger partial charge on any atom is 0.0219 e. The zero-order valence-corrected chi connectivity index (χ0v) is 10.1. The third-order valence-electron chi connectivity index (χ3n) is 2.85. The van der Waals surface area contributed by atoms with Gasteiger partial charge in [-0.25, -0.2) is 0 Å². The van der Waals surface area contributed by atoms with E-state index in [0.29, 0.717) is 6.04 Å². The van der Waals surface area contributed by atoms with Crippen LogP contribution in [0.15, 0.2) is 18.5 Å². The molecule has 0 radical (unpaired) electrons. The molecule has 0 aliphatic heterocycles. The average Bonchev–Trinajstić information content (AvgIpc) is 2.66. The third kappa shape index (κ3) is 4.52. The molecule has 0 aromatic carbocycles.